The summed E-state index contributed by atoms with van der Waals surface area (Å²) in [6.45, 7) is 4.88. The highest BCUT2D eigenvalue weighted by Gasteiger charge is 2.20. The molecule has 0 bridgehead atoms. The van der Waals surface area contributed by atoms with E-state index in [1.165, 1.54) is 148 Å². The van der Waals surface area contributed by atoms with Crippen molar-refractivity contribution in [3.8, 4) is 0 Å². The van der Waals surface area contributed by atoms with Gasteiger partial charge in [0, 0.05) is 12.8 Å². The average Bonchev–Trinajstić information content (AvgIpc) is 3.24. The Hall–Kier alpha value is -1.92. The molecular formula is C53H99NO5. The van der Waals surface area contributed by atoms with Gasteiger partial charge in [-0.05, 0) is 89.9 Å². The molecular weight excluding hydrogens is 731 g/mol. The van der Waals surface area contributed by atoms with Crippen molar-refractivity contribution in [2.45, 2.75) is 276 Å². The minimum atomic E-state index is -0.673. The molecule has 0 spiro atoms. The number of carbonyl (C=O) groups is 2. The van der Waals surface area contributed by atoms with Crippen LogP contribution in [0.25, 0.3) is 0 Å². The lowest BCUT2D eigenvalue weighted by Gasteiger charge is -2.22. The quantitative estimate of drug-likeness (QED) is 0.0323. The van der Waals surface area contributed by atoms with Gasteiger partial charge in [-0.2, -0.15) is 0 Å². The molecule has 0 saturated heterocycles. The Bertz CT molecular complexity index is 962. The number of esters is 1. The van der Waals surface area contributed by atoms with Crippen LogP contribution in [-0.4, -0.2) is 47.4 Å². The Morgan fingerprint density at radius 2 is 0.847 bits per heavy atom. The standard InChI is InChI=1S/C53H99NO5/c1-3-5-7-9-11-13-15-16-23-27-31-35-39-43-47-53(58)59-48-44-40-36-32-28-24-21-19-17-18-20-22-26-30-34-38-42-46-52(57)54-50(49-55)51(56)45-41-37-33-29-25-14-12-10-8-6-4-2/h15-17,19,24,28,50-51,55-56H,3-14,18,20-23,25-27,29-49H2,1-2H3,(H,54,57)/b16-15-,19-17-,28-24-. The maximum Gasteiger partial charge on any atom is 0.305 e. The molecule has 6 nitrogen and oxygen atoms in total. The van der Waals surface area contributed by atoms with E-state index in [0.29, 0.717) is 25.9 Å². The van der Waals surface area contributed by atoms with E-state index in [1.807, 2.05) is 0 Å². The fourth-order valence-electron chi connectivity index (χ4n) is 7.66. The molecule has 2 unspecified atom stereocenters. The Morgan fingerprint density at radius 1 is 0.475 bits per heavy atom. The van der Waals surface area contributed by atoms with Gasteiger partial charge in [0.2, 0.25) is 5.91 Å². The monoisotopic (exact) mass is 830 g/mol. The second-order valence-electron chi connectivity index (χ2n) is 17.5. The van der Waals surface area contributed by atoms with Gasteiger partial charge < -0.3 is 20.3 Å². The zero-order valence-electron chi connectivity index (χ0n) is 39.2. The number of aliphatic hydroxyl groups excluding tert-OH is 2. The zero-order chi connectivity index (χ0) is 43.0. The third-order valence-corrected chi connectivity index (χ3v) is 11.7. The van der Waals surface area contributed by atoms with Crippen LogP contribution < -0.4 is 5.32 Å². The van der Waals surface area contributed by atoms with Gasteiger partial charge >= 0.3 is 5.97 Å². The summed E-state index contributed by atoms with van der Waals surface area (Å²) in [5.74, 6) is -0.0780. The number of rotatable bonds is 47. The fourth-order valence-corrected chi connectivity index (χ4v) is 7.66. The van der Waals surface area contributed by atoms with Crippen LogP contribution in [0.4, 0.5) is 0 Å². The molecule has 2 atom stereocenters. The molecule has 0 heterocycles. The summed E-state index contributed by atoms with van der Waals surface area (Å²) in [5, 5.41) is 23.1. The summed E-state index contributed by atoms with van der Waals surface area (Å²) in [6.07, 6.45) is 58.3. The van der Waals surface area contributed by atoms with Crippen molar-refractivity contribution in [3.63, 3.8) is 0 Å². The van der Waals surface area contributed by atoms with Crippen LogP contribution in [0.3, 0.4) is 0 Å². The summed E-state index contributed by atoms with van der Waals surface area (Å²) in [6, 6.07) is -0.552. The van der Waals surface area contributed by atoms with Crippen LogP contribution in [0.1, 0.15) is 264 Å². The van der Waals surface area contributed by atoms with Crippen LogP contribution in [0.2, 0.25) is 0 Å². The SMILES string of the molecule is CCCCCCC/C=C\CCCCCCCC(=O)OCCCCC/C=C\C/C=C\CCCCCCCCCC(=O)NC(CO)C(O)CCCCCCCCCCCCC. The normalized spacial score (nSPS) is 12.9. The van der Waals surface area contributed by atoms with Gasteiger partial charge in [0.15, 0.2) is 0 Å². The molecule has 59 heavy (non-hydrogen) atoms. The summed E-state index contributed by atoms with van der Waals surface area (Å²) in [5.41, 5.74) is 0. The molecule has 6 heteroatoms. The van der Waals surface area contributed by atoms with Crippen molar-refractivity contribution in [2.75, 3.05) is 13.2 Å². The number of unbranched alkanes of at least 4 members (excludes halogenated alkanes) is 30. The predicted molar refractivity (Wildman–Crippen MR) is 255 cm³/mol. The molecule has 0 fully saturated rings. The number of allylic oxidation sites excluding steroid dienone is 6. The van der Waals surface area contributed by atoms with Gasteiger partial charge in [-0.1, -0.05) is 198 Å². The van der Waals surface area contributed by atoms with E-state index in [-0.39, 0.29) is 18.5 Å². The number of nitrogens with one attached hydrogen (secondary N) is 1. The number of ether oxygens (including phenoxy) is 1. The Kier molecular flexibility index (Phi) is 47.2. The van der Waals surface area contributed by atoms with E-state index in [0.717, 1.165) is 83.5 Å². The van der Waals surface area contributed by atoms with E-state index >= 15 is 0 Å². The first-order valence-electron chi connectivity index (χ1n) is 25.7. The van der Waals surface area contributed by atoms with Crippen molar-refractivity contribution in [1.82, 2.24) is 5.32 Å². The molecule has 346 valence electrons. The first kappa shape index (κ1) is 57.1. The van der Waals surface area contributed by atoms with Gasteiger partial charge in [0.05, 0.1) is 25.4 Å². The molecule has 0 aliphatic carbocycles. The van der Waals surface area contributed by atoms with Crippen LogP contribution in [-0.2, 0) is 14.3 Å². The average molecular weight is 830 g/mol. The van der Waals surface area contributed by atoms with Gasteiger partial charge in [0.1, 0.15) is 0 Å². The number of hydrogen-bond acceptors (Lipinski definition) is 5. The number of carbonyl (C=O) groups excluding carboxylic acids is 2. The molecule has 0 rings (SSSR count). The Labute approximate surface area is 366 Å². The summed E-state index contributed by atoms with van der Waals surface area (Å²) in [7, 11) is 0. The highest BCUT2D eigenvalue weighted by Crippen LogP contribution is 2.15. The van der Waals surface area contributed by atoms with E-state index in [2.05, 4.69) is 55.6 Å². The van der Waals surface area contributed by atoms with Crippen molar-refractivity contribution >= 4 is 11.9 Å². The fraction of sp³-hybridized carbons (Fsp3) is 0.849. The van der Waals surface area contributed by atoms with Crippen LogP contribution in [0.15, 0.2) is 36.5 Å². The van der Waals surface area contributed by atoms with Crippen LogP contribution in [0, 0.1) is 0 Å². The molecule has 3 N–H and O–H groups in total. The van der Waals surface area contributed by atoms with Gasteiger partial charge in [-0.25, -0.2) is 0 Å². The number of amides is 1. The second kappa shape index (κ2) is 48.7. The van der Waals surface area contributed by atoms with Gasteiger partial charge in [-0.15, -0.1) is 0 Å². The molecule has 0 saturated carbocycles. The Balaban J connectivity index is 3.50. The smallest absolute Gasteiger partial charge is 0.305 e. The third kappa shape index (κ3) is 45.4. The van der Waals surface area contributed by atoms with E-state index in [9.17, 15) is 19.8 Å². The highest BCUT2D eigenvalue weighted by molar-refractivity contribution is 5.76. The largest absolute Gasteiger partial charge is 0.466 e. The first-order valence-corrected chi connectivity index (χ1v) is 25.7. The molecule has 0 radical (unpaired) electrons. The predicted octanol–water partition coefficient (Wildman–Crippen LogP) is 15.3. The van der Waals surface area contributed by atoms with E-state index in [1.54, 1.807) is 0 Å². The lowest BCUT2D eigenvalue weighted by Crippen LogP contribution is -2.45. The molecule has 0 aliphatic rings. The molecule has 0 aromatic carbocycles. The van der Waals surface area contributed by atoms with Crippen molar-refractivity contribution < 1.29 is 24.5 Å². The van der Waals surface area contributed by atoms with Crippen LogP contribution in [0.5, 0.6) is 0 Å². The number of hydrogen-bond donors (Lipinski definition) is 3. The molecule has 0 aromatic rings. The summed E-state index contributed by atoms with van der Waals surface area (Å²) in [4.78, 5) is 24.4. The molecule has 0 aliphatic heterocycles. The minimum Gasteiger partial charge on any atom is -0.466 e. The van der Waals surface area contributed by atoms with E-state index < -0.39 is 12.1 Å². The maximum absolute atomic E-state index is 12.4. The highest BCUT2D eigenvalue weighted by atomic mass is 16.5. The van der Waals surface area contributed by atoms with Gasteiger partial charge in [0.25, 0.3) is 0 Å². The summed E-state index contributed by atoms with van der Waals surface area (Å²) < 4.78 is 5.44. The summed E-state index contributed by atoms with van der Waals surface area (Å²) >= 11 is 0. The van der Waals surface area contributed by atoms with Gasteiger partial charge in [-0.3, -0.25) is 9.59 Å². The van der Waals surface area contributed by atoms with E-state index in [4.69, 9.17) is 4.74 Å². The lowest BCUT2D eigenvalue weighted by atomic mass is 10.0. The molecule has 0 aromatic heterocycles. The minimum absolute atomic E-state index is 0.0247. The lowest BCUT2D eigenvalue weighted by molar-refractivity contribution is -0.143. The Morgan fingerprint density at radius 3 is 1.31 bits per heavy atom. The number of aliphatic hydroxyl groups is 2. The molecule has 1 amide bonds. The topological polar surface area (TPSA) is 95.9 Å². The zero-order valence-corrected chi connectivity index (χ0v) is 39.2. The second-order valence-corrected chi connectivity index (χ2v) is 17.5. The third-order valence-electron chi connectivity index (χ3n) is 11.7. The van der Waals surface area contributed by atoms with Crippen molar-refractivity contribution in [2.24, 2.45) is 0 Å². The van der Waals surface area contributed by atoms with Crippen LogP contribution >= 0.6 is 0 Å². The van der Waals surface area contributed by atoms with Crippen molar-refractivity contribution in [3.05, 3.63) is 36.5 Å². The van der Waals surface area contributed by atoms with Crippen molar-refractivity contribution in [1.29, 1.82) is 0 Å². The first-order chi connectivity index (χ1) is 29.0. The maximum atomic E-state index is 12.4.